The van der Waals surface area contributed by atoms with Crippen molar-refractivity contribution in [2.45, 2.75) is 41.0 Å². The molecule has 1 aliphatic rings. The van der Waals surface area contributed by atoms with Crippen LogP contribution in [-0.4, -0.2) is 37.1 Å². The van der Waals surface area contributed by atoms with Gasteiger partial charge in [-0.15, -0.1) is 0 Å². The van der Waals surface area contributed by atoms with E-state index in [1.54, 1.807) is 0 Å². The van der Waals surface area contributed by atoms with E-state index in [4.69, 9.17) is 4.74 Å². The summed E-state index contributed by atoms with van der Waals surface area (Å²) in [4.78, 5) is 13.8. The molecule has 20 heavy (non-hydrogen) atoms. The Morgan fingerprint density at radius 2 is 1.55 bits per heavy atom. The highest BCUT2D eigenvalue weighted by molar-refractivity contribution is 5.94. The van der Waals surface area contributed by atoms with Gasteiger partial charge in [-0.2, -0.15) is 0 Å². The van der Waals surface area contributed by atoms with E-state index in [2.05, 4.69) is 13.8 Å². The second-order valence-corrected chi connectivity index (χ2v) is 4.48. The van der Waals surface area contributed by atoms with E-state index in [9.17, 15) is 4.79 Å². The molecule has 0 saturated carbocycles. The molecule has 1 aliphatic heterocycles. The average Bonchev–Trinajstić information content (AvgIpc) is 2.51. The second kappa shape index (κ2) is 11.5. The lowest BCUT2D eigenvalue weighted by Gasteiger charge is -2.26. The van der Waals surface area contributed by atoms with Gasteiger partial charge in [-0.25, -0.2) is 0 Å². The predicted molar refractivity (Wildman–Crippen MR) is 85.2 cm³/mol. The fraction of sp³-hybridized carbons (Fsp3) is 0.588. The summed E-state index contributed by atoms with van der Waals surface area (Å²) in [6.45, 7) is 13.0. The molecule has 0 unspecified atom stereocenters. The summed E-state index contributed by atoms with van der Waals surface area (Å²) < 4.78 is 5.21. The normalized spacial score (nSPS) is 13.6. The first-order valence-electron chi connectivity index (χ1n) is 7.62. The largest absolute Gasteiger partial charge is 0.378 e. The molecule has 0 aromatic heterocycles. The van der Waals surface area contributed by atoms with Crippen LogP contribution in [0.3, 0.4) is 0 Å². The van der Waals surface area contributed by atoms with Crippen molar-refractivity contribution in [2.24, 2.45) is 0 Å². The monoisotopic (exact) mass is 279 g/mol. The Hall–Kier alpha value is -1.35. The van der Waals surface area contributed by atoms with Gasteiger partial charge in [0.05, 0.1) is 13.2 Å². The Morgan fingerprint density at radius 3 is 2.00 bits per heavy atom. The van der Waals surface area contributed by atoms with Crippen molar-refractivity contribution < 1.29 is 9.53 Å². The van der Waals surface area contributed by atoms with Crippen molar-refractivity contribution in [3.8, 4) is 0 Å². The van der Waals surface area contributed by atoms with Gasteiger partial charge in [-0.05, 0) is 19.1 Å². The number of carbonyl (C=O) groups excluding carboxylic acids is 1. The van der Waals surface area contributed by atoms with E-state index < -0.39 is 0 Å². The topological polar surface area (TPSA) is 29.5 Å². The van der Waals surface area contributed by atoms with E-state index in [0.29, 0.717) is 26.3 Å². The maximum atomic E-state index is 12.0. The lowest BCUT2D eigenvalue weighted by Crippen LogP contribution is -2.40. The van der Waals surface area contributed by atoms with Crippen LogP contribution in [0.5, 0.6) is 0 Å². The first-order valence-corrected chi connectivity index (χ1v) is 7.62. The fourth-order valence-corrected chi connectivity index (χ4v) is 1.65. The highest BCUT2D eigenvalue weighted by atomic mass is 16.5. The molecule has 0 spiro atoms. The third-order valence-electron chi connectivity index (χ3n) is 2.60. The summed E-state index contributed by atoms with van der Waals surface area (Å²) in [6, 6.07) is 7.70. The third kappa shape index (κ3) is 6.71. The van der Waals surface area contributed by atoms with Crippen LogP contribution in [0, 0.1) is 6.92 Å². The highest BCUT2D eigenvalue weighted by Crippen LogP contribution is 2.08. The Labute approximate surface area is 123 Å². The molecule has 114 valence electrons. The number of benzene rings is 1. The number of carbonyl (C=O) groups is 1. The zero-order valence-electron chi connectivity index (χ0n) is 13.6. The molecule has 2 rings (SSSR count). The molecular weight excluding hydrogens is 250 g/mol. The molecular formula is C17H29NO2. The lowest BCUT2D eigenvalue weighted by molar-refractivity contribution is 0.0303. The Kier molecular flexibility index (Phi) is 10.7. The van der Waals surface area contributed by atoms with Gasteiger partial charge in [0.2, 0.25) is 0 Å². The molecule has 1 fully saturated rings. The number of ether oxygens (including phenoxy) is 1. The van der Waals surface area contributed by atoms with E-state index in [-0.39, 0.29) is 5.91 Å². The number of amides is 1. The van der Waals surface area contributed by atoms with Crippen molar-refractivity contribution in [1.29, 1.82) is 0 Å². The fourth-order valence-electron chi connectivity index (χ4n) is 1.65. The van der Waals surface area contributed by atoms with Gasteiger partial charge >= 0.3 is 0 Å². The molecule has 1 aromatic rings. The summed E-state index contributed by atoms with van der Waals surface area (Å²) in [6.07, 6.45) is 1.25. The second-order valence-electron chi connectivity index (χ2n) is 4.48. The van der Waals surface area contributed by atoms with Crippen LogP contribution in [0.4, 0.5) is 0 Å². The van der Waals surface area contributed by atoms with E-state index in [0.717, 1.165) is 5.56 Å². The summed E-state index contributed by atoms with van der Waals surface area (Å²) in [5, 5.41) is 0. The third-order valence-corrected chi connectivity index (χ3v) is 2.60. The van der Waals surface area contributed by atoms with Crippen LogP contribution in [0.2, 0.25) is 0 Å². The SMILES string of the molecule is CC.CCC.Cc1ccc(C(=O)N2CCOCC2)cc1. The molecule has 0 radical (unpaired) electrons. The number of rotatable bonds is 1. The molecule has 3 nitrogen and oxygen atoms in total. The first kappa shape index (κ1) is 18.7. The van der Waals surface area contributed by atoms with Gasteiger partial charge < -0.3 is 9.64 Å². The number of hydrogen-bond acceptors (Lipinski definition) is 2. The number of morpholine rings is 1. The summed E-state index contributed by atoms with van der Waals surface area (Å²) in [5.74, 6) is 0.110. The maximum absolute atomic E-state index is 12.0. The first-order chi connectivity index (χ1) is 9.69. The zero-order chi connectivity index (χ0) is 15.4. The Bertz CT molecular complexity index is 354. The quantitative estimate of drug-likeness (QED) is 0.780. The van der Waals surface area contributed by atoms with Crippen molar-refractivity contribution in [2.75, 3.05) is 26.3 Å². The highest BCUT2D eigenvalue weighted by Gasteiger charge is 2.17. The van der Waals surface area contributed by atoms with Crippen LogP contribution >= 0.6 is 0 Å². The summed E-state index contributed by atoms with van der Waals surface area (Å²) in [7, 11) is 0. The van der Waals surface area contributed by atoms with Crippen molar-refractivity contribution in [1.82, 2.24) is 4.90 Å². The van der Waals surface area contributed by atoms with Crippen molar-refractivity contribution in [3.63, 3.8) is 0 Å². The van der Waals surface area contributed by atoms with E-state index in [1.807, 2.05) is 49.9 Å². The number of nitrogens with zero attached hydrogens (tertiary/aromatic N) is 1. The lowest BCUT2D eigenvalue weighted by atomic mass is 10.1. The molecule has 0 atom stereocenters. The van der Waals surface area contributed by atoms with Crippen LogP contribution in [0.15, 0.2) is 24.3 Å². The molecule has 1 amide bonds. The molecule has 3 heteroatoms. The van der Waals surface area contributed by atoms with E-state index >= 15 is 0 Å². The van der Waals surface area contributed by atoms with Crippen molar-refractivity contribution in [3.05, 3.63) is 35.4 Å². The van der Waals surface area contributed by atoms with E-state index in [1.165, 1.54) is 12.0 Å². The number of hydrogen-bond donors (Lipinski definition) is 0. The Balaban J connectivity index is 0.000000641. The van der Waals surface area contributed by atoms with Crippen LogP contribution in [-0.2, 0) is 4.74 Å². The van der Waals surface area contributed by atoms with Gasteiger partial charge in [-0.1, -0.05) is 51.8 Å². The van der Waals surface area contributed by atoms with Gasteiger partial charge in [0.25, 0.3) is 5.91 Å². The standard InChI is InChI=1S/C12H15NO2.C3H8.C2H6/c1-10-2-4-11(5-3-10)12(14)13-6-8-15-9-7-13;1-3-2;1-2/h2-5H,6-9H2,1H3;3H2,1-2H3;1-2H3. The van der Waals surface area contributed by atoms with Crippen LogP contribution in [0.25, 0.3) is 0 Å². The van der Waals surface area contributed by atoms with Gasteiger partial charge in [0, 0.05) is 18.7 Å². The van der Waals surface area contributed by atoms with Gasteiger partial charge in [0.1, 0.15) is 0 Å². The summed E-state index contributed by atoms with van der Waals surface area (Å²) >= 11 is 0. The smallest absolute Gasteiger partial charge is 0.254 e. The average molecular weight is 279 g/mol. The minimum absolute atomic E-state index is 0.110. The maximum Gasteiger partial charge on any atom is 0.254 e. The molecule has 1 heterocycles. The van der Waals surface area contributed by atoms with Gasteiger partial charge in [0.15, 0.2) is 0 Å². The van der Waals surface area contributed by atoms with Crippen molar-refractivity contribution >= 4 is 5.91 Å². The molecule has 1 saturated heterocycles. The molecule has 0 aliphatic carbocycles. The minimum atomic E-state index is 0.110. The minimum Gasteiger partial charge on any atom is -0.378 e. The predicted octanol–water partition coefficient (Wildman–Crippen LogP) is 3.91. The number of aryl methyl sites for hydroxylation is 1. The molecule has 0 N–H and O–H groups in total. The molecule has 1 aromatic carbocycles. The van der Waals surface area contributed by atoms with Gasteiger partial charge in [-0.3, -0.25) is 4.79 Å². The zero-order valence-corrected chi connectivity index (χ0v) is 13.6. The van der Waals surface area contributed by atoms with Crippen LogP contribution < -0.4 is 0 Å². The van der Waals surface area contributed by atoms with Crippen LogP contribution in [0.1, 0.15) is 50.0 Å². The molecule has 0 bridgehead atoms. The summed E-state index contributed by atoms with van der Waals surface area (Å²) in [5.41, 5.74) is 1.94. The Morgan fingerprint density at radius 1 is 1.10 bits per heavy atom.